The van der Waals surface area contributed by atoms with E-state index in [4.69, 9.17) is 29.9 Å². The van der Waals surface area contributed by atoms with Crippen molar-refractivity contribution in [3.8, 4) is 11.8 Å². The van der Waals surface area contributed by atoms with Crippen LogP contribution in [0.3, 0.4) is 0 Å². The molecule has 1 atom stereocenters. The van der Waals surface area contributed by atoms with E-state index in [1.165, 1.54) is 9.13 Å². The van der Waals surface area contributed by atoms with Gasteiger partial charge < -0.3 is 4.90 Å². The maximum Gasteiger partial charge on any atom is 0.332 e. The lowest BCUT2D eigenvalue weighted by Crippen LogP contribution is -2.48. The monoisotopic (exact) mass is 784 g/mol. The molecule has 0 saturated carbocycles. The van der Waals surface area contributed by atoms with Gasteiger partial charge in [-0.2, -0.15) is 4.98 Å². The van der Waals surface area contributed by atoms with Crippen molar-refractivity contribution in [1.82, 2.24) is 53.5 Å². The molecular weight excluding hydrogens is 741 g/mol. The van der Waals surface area contributed by atoms with Crippen LogP contribution in [0.4, 0.5) is 5.95 Å². The molecule has 8 aromatic rings. The van der Waals surface area contributed by atoms with Gasteiger partial charge in [0, 0.05) is 59.4 Å². The zero-order valence-electron chi connectivity index (χ0n) is 33.8. The minimum Gasteiger partial charge on any atom is -0.341 e. The highest BCUT2D eigenvalue weighted by Gasteiger charge is 2.31. The van der Waals surface area contributed by atoms with Crippen LogP contribution in [0, 0.1) is 32.6 Å². The molecule has 1 saturated heterocycles. The molecular formula is C45H44N12O2. The van der Waals surface area contributed by atoms with E-state index in [9.17, 15) is 9.59 Å². The summed E-state index contributed by atoms with van der Waals surface area (Å²) in [5.41, 5.74) is 4.86. The van der Waals surface area contributed by atoms with Gasteiger partial charge in [0.1, 0.15) is 17.5 Å². The number of aryl methyl sites for hydroxylation is 4. The molecule has 296 valence electrons. The normalized spacial score (nSPS) is 14.5. The second-order valence-corrected chi connectivity index (χ2v) is 15.2. The predicted molar refractivity (Wildman–Crippen MR) is 229 cm³/mol. The lowest BCUT2D eigenvalue weighted by atomic mass is 10.0. The lowest BCUT2D eigenvalue weighted by molar-refractivity contribution is 0.150. The standard InChI is InChI=1S/C45H44N12O2/c1-6-7-23-56-41-42(53(5)45(59)57(43(41)58)27-40-48-30(4)34-18-10-13-21-37(34)51-40)52-44(56)54-22-14-15-31(24-54)55(25-38-46-28(2)32-16-8-11-19-35(32)49-38)26-39-47-29(3)33-17-9-12-20-36(33)50-39/h8-13,16-21,31H,14-15,22-27H2,1-5H3. The van der Waals surface area contributed by atoms with Crippen molar-refractivity contribution >= 4 is 49.8 Å². The van der Waals surface area contributed by atoms with Gasteiger partial charge in [-0.25, -0.2) is 34.7 Å². The Morgan fingerprint density at radius 1 is 0.695 bits per heavy atom. The maximum absolute atomic E-state index is 14.5. The van der Waals surface area contributed by atoms with Crippen LogP contribution >= 0.6 is 0 Å². The fourth-order valence-corrected chi connectivity index (χ4v) is 8.40. The lowest BCUT2D eigenvalue weighted by Gasteiger charge is -2.39. The Morgan fingerprint density at radius 3 is 1.78 bits per heavy atom. The minimum atomic E-state index is -0.492. The Labute approximate surface area is 340 Å². The summed E-state index contributed by atoms with van der Waals surface area (Å²) in [6.07, 6.45) is 1.77. The summed E-state index contributed by atoms with van der Waals surface area (Å²) < 4.78 is 4.50. The summed E-state index contributed by atoms with van der Waals surface area (Å²) in [6.45, 7) is 10.1. The van der Waals surface area contributed by atoms with Crippen molar-refractivity contribution in [2.45, 2.75) is 72.8 Å². The number of fused-ring (bicyclic) bond motifs is 4. The van der Waals surface area contributed by atoms with E-state index in [1.54, 1.807) is 14.0 Å². The summed E-state index contributed by atoms with van der Waals surface area (Å²) in [5, 5.41) is 2.98. The molecule has 1 unspecified atom stereocenters. The Kier molecular flexibility index (Phi) is 9.90. The van der Waals surface area contributed by atoms with Gasteiger partial charge in [0.25, 0.3) is 5.56 Å². The third-order valence-electron chi connectivity index (χ3n) is 11.3. The average Bonchev–Trinajstić information content (AvgIpc) is 3.63. The van der Waals surface area contributed by atoms with E-state index in [-0.39, 0.29) is 19.1 Å². The van der Waals surface area contributed by atoms with E-state index in [0.717, 1.165) is 74.3 Å². The number of piperidine rings is 1. The number of para-hydroxylation sites is 3. The van der Waals surface area contributed by atoms with Crippen molar-refractivity contribution in [3.63, 3.8) is 0 Å². The van der Waals surface area contributed by atoms with Crippen LogP contribution in [0.1, 0.15) is 54.3 Å². The fourth-order valence-electron chi connectivity index (χ4n) is 8.40. The highest BCUT2D eigenvalue weighted by Crippen LogP contribution is 2.28. The molecule has 9 rings (SSSR count). The molecule has 1 aliphatic rings. The third kappa shape index (κ3) is 7.08. The zero-order chi connectivity index (χ0) is 40.8. The SMILES string of the molecule is CC#CCn1c(N2CCCC(N(Cc3nc(C)c4ccccc4n3)Cc3nc(C)c4ccccc4n3)C2)nc2c1c(=O)n(Cc1nc(C)c3ccccc3n1)c(=O)n2C. The number of imidazole rings is 1. The minimum absolute atomic E-state index is 0.0220. The van der Waals surface area contributed by atoms with Gasteiger partial charge in [-0.3, -0.25) is 23.4 Å². The van der Waals surface area contributed by atoms with E-state index in [2.05, 4.69) is 38.8 Å². The van der Waals surface area contributed by atoms with Crippen molar-refractivity contribution in [2.75, 3.05) is 18.0 Å². The van der Waals surface area contributed by atoms with Gasteiger partial charge in [-0.1, -0.05) is 60.5 Å². The molecule has 5 aromatic heterocycles. The number of rotatable bonds is 9. The largest absolute Gasteiger partial charge is 0.341 e. The highest BCUT2D eigenvalue weighted by molar-refractivity contribution is 5.82. The number of hydrogen-bond donors (Lipinski definition) is 0. The number of nitrogens with zero attached hydrogens (tertiary/aromatic N) is 12. The summed E-state index contributed by atoms with van der Waals surface area (Å²) in [6, 6.07) is 23.9. The van der Waals surface area contributed by atoms with E-state index in [1.807, 2.05) is 86.0 Å². The molecule has 1 aliphatic heterocycles. The molecule has 14 heteroatoms. The molecule has 0 amide bonds. The van der Waals surface area contributed by atoms with Crippen LogP contribution in [0.2, 0.25) is 0 Å². The Balaban J connectivity index is 1.10. The van der Waals surface area contributed by atoms with Gasteiger partial charge in [0.05, 0.1) is 42.7 Å². The zero-order valence-corrected chi connectivity index (χ0v) is 33.8. The molecule has 0 spiro atoms. The van der Waals surface area contributed by atoms with Crippen LogP contribution in [0.25, 0.3) is 43.9 Å². The number of anilines is 1. The first-order valence-electron chi connectivity index (χ1n) is 19.9. The van der Waals surface area contributed by atoms with Crippen LogP contribution in [-0.2, 0) is 33.2 Å². The Hall–Kier alpha value is -6.85. The van der Waals surface area contributed by atoms with E-state index >= 15 is 0 Å². The molecule has 6 heterocycles. The molecule has 0 N–H and O–H groups in total. The highest BCUT2D eigenvalue weighted by atomic mass is 16.2. The Bertz CT molecular complexity index is 3030. The molecule has 14 nitrogen and oxygen atoms in total. The maximum atomic E-state index is 14.5. The van der Waals surface area contributed by atoms with Gasteiger partial charge in [0.15, 0.2) is 11.2 Å². The summed E-state index contributed by atoms with van der Waals surface area (Å²) in [5.74, 6) is 8.57. The second-order valence-electron chi connectivity index (χ2n) is 15.2. The van der Waals surface area contributed by atoms with Crippen molar-refractivity contribution in [3.05, 3.63) is 128 Å². The topological polar surface area (TPSA) is 146 Å². The summed E-state index contributed by atoms with van der Waals surface area (Å²) >= 11 is 0. The van der Waals surface area contributed by atoms with Crippen LogP contribution in [0.15, 0.2) is 82.4 Å². The first-order valence-corrected chi connectivity index (χ1v) is 19.9. The van der Waals surface area contributed by atoms with Crippen LogP contribution < -0.4 is 16.1 Å². The van der Waals surface area contributed by atoms with Gasteiger partial charge >= 0.3 is 5.69 Å². The molecule has 0 bridgehead atoms. The number of benzene rings is 3. The van der Waals surface area contributed by atoms with Gasteiger partial charge in [-0.05, 0) is 58.7 Å². The predicted octanol–water partition coefficient (Wildman–Crippen LogP) is 5.39. The summed E-state index contributed by atoms with van der Waals surface area (Å²) in [4.78, 5) is 67.3. The van der Waals surface area contributed by atoms with E-state index < -0.39 is 11.2 Å². The molecule has 0 radical (unpaired) electrons. The molecule has 0 aliphatic carbocycles. The quantitative estimate of drug-likeness (QED) is 0.174. The molecule has 3 aromatic carbocycles. The van der Waals surface area contributed by atoms with Gasteiger partial charge in [-0.15, -0.1) is 5.92 Å². The smallest absolute Gasteiger partial charge is 0.332 e. The number of hydrogen-bond acceptors (Lipinski definition) is 11. The van der Waals surface area contributed by atoms with Gasteiger partial charge in [0.2, 0.25) is 5.95 Å². The van der Waals surface area contributed by atoms with E-state index in [0.29, 0.717) is 49.1 Å². The summed E-state index contributed by atoms with van der Waals surface area (Å²) in [7, 11) is 1.65. The third-order valence-corrected chi connectivity index (χ3v) is 11.3. The average molecular weight is 785 g/mol. The van der Waals surface area contributed by atoms with Crippen LogP contribution in [-0.4, -0.2) is 72.6 Å². The van der Waals surface area contributed by atoms with Crippen molar-refractivity contribution in [1.29, 1.82) is 0 Å². The first kappa shape index (κ1) is 37.7. The molecule has 59 heavy (non-hydrogen) atoms. The fraction of sp³-hybridized carbons (Fsp3) is 0.311. The number of aromatic nitrogens is 10. The Morgan fingerprint density at radius 2 is 1.22 bits per heavy atom. The second kappa shape index (κ2) is 15.5. The molecule has 1 fully saturated rings. The van der Waals surface area contributed by atoms with Crippen molar-refractivity contribution in [2.24, 2.45) is 7.05 Å². The first-order chi connectivity index (χ1) is 28.7. The van der Waals surface area contributed by atoms with Crippen molar-refractivity contribution < 1.29 is 0 Å². The van der Waals surface area contributed by atoms with Crippen LogP contribution in [0.5, 0.6) is 0 Å².